The molecular formula is C9H14N2O5S. The second-order valence-corrected chi connectivity index (χ2v) is 5.57. The highest BCUT2D eigenvalue weighted by Gasteiger charge is 2.41. The van der Waals surface area contributed by atoms with Gasteiger partial charge < -0.3 is 10.4 Å². The molecule has 0 radical (unpaired) electrons. The number of fused-ring (bicyclic) bond motifs is 1. The number of carbonyl (C=O) groups is 2. The van der Waals surface area contributed by atoms with Crippen LogP contribution in [0.3, 0.4) is 0 Å². The van der Waals surface area contributed by atoms with Gasteiger partial charge in [0.15, 0.2) is 0 Å². The van der Waals surface area contributed by atoms with Crippen molar-refractivity contribution in [1.29, 1.82) is 0 Å². The molecule has 0 aliphatic carbocycles. The molecular weight excluding hydrogens is 248 g/mol. The molecule has 1 amide bonds. The Balaban J connectivity index is 0.000000317. The molecule has 1 fully saturated rings. The third-order valence-corrected chi connectivity index (χ3v) is 3.28. The van der Waals surface area contributed by atoms with Crippen molar-refractivity contribution >= 4 is 21.9 Å². The lowest BCUT2D eigenvalue weighted by atomic mass is 10.2. The van der Waals surface area contributed by atoms with Crippen molar-refractivity contribution in [3.05, 3.63) is 11.8 Å². The van der Waals surface area contributed by atoms with Gasteiger partial charge in [0.1, 0.15) is 0 Å². The second-order valence-electron chi connectivity index (χ2n) is 3.73. The molecule has 1 saturated heterocycles. The number of aliphatic carboxylic acids is 1. The first kappa shape index (κ1) is 13.7. The van der Waals surface area contributed by atoms with Crippen LogP contribution in [0.1, 0.15) is 13.3 Å². The van der Waals surface area contributed by atoms with Crippen LogP contribution in [-0.4, -0.2) is 48.5 Å². The fourth-order valence-electron chi connectivity index (χ4n) is 1.73. The standard InChI is InChI=1S/C7H10N2O3S.C2H4O2/c1-13(11,12)9-6-2-3-8-5(6)4-7(9)10;1-2(3)4/h2,5,8H,3-4H2,1H3;1H3,(H,3,4). The Kier molecular flexibility index (Phi) is 3.89. The fraction of sp³-hybridized carbons (Fsp3) is 0.556. The predicted octanol–water partition coefficient (Wildman–Crippen LogP) is -0.875. The molecule has 96 valence electrons. The van der Waals surface area contributed by atoms with E-state index in [1.165, 1.54) is 0 Å². The van der Waals surface area contributed by atoms with Gasteiger partial charge in [0.25, 0.3) is 5.97 Å². The van der Waals surface area contributed by atoms with Crippen LogP contribution >= 0.6 is 0 Å². The van der Waals surface area contributed by atoms with Crippen molar-refractivity contribution in [3.8, 4) is 0 Å². The van der Waals surface area contributed by atoms with Crippen molar-refractivity contribution < 1.29 is 23.1 Å². The van der Waals surface area contributed by atoms with Gasteiger partial charge in [0.2, 0.25) is 15.9 Å². The zero-order valence-electron chi connectivity index (χ0n) is 9.50. The summed E-state index contributed by atoms with van der Waals surface area (Å²) in [6.07, 6.45) is 3.04. The molecule has 2 rings (SSSR count). The van der Waals surface area contributed by atoms with Crippen molar-refractivity contribution in [2.45, 2.75) is 19.4 Å². The number of carbonyl (C=O) groups excluding carboxylic acids is 1. The number of rotatable bonds is 1. The average Bonchev–Trinajstić information content (AvgIpc) is 2.58. The zero-order chi connectivity index (χ0) is 13.2. The zero-order valence-corrected chi connectivity index (χ0v) is 10.3. The summed E-state index contributed by atoms with van der Waals surface area (Å²) in [5.41, 5.74) is 0.590. The molecule has 0 aromatic carbocycles. The van der Waals surface area contributed by atoms with Crippen LogP contribution in [0, 0.1) is 0 Å². The van der Waals surface area contributed by atoms with Crippen LogP contribution in [0.25, 0.3) is 0 Å². The maximum absolute atomic E-state index is 11.3. The van der Waals surface area contributed by atoms with E-state index >= 15 is 0 Å². The summed E-state index contributed by atoms with van der Waals surface area (Å²) in [7, 11) is -3.43. The van der Waals surface area contributed by atoms with Crippen LogP contribution in [0.2, 0.25) is 0 Å². The number of hydrogen-bond acceptors (Lipinski definition) is 5. The molecule has 0 aromatic heterocycles. The van der Waals surface area contributed by atoms with Crippen LogP contribution in [-0.2, 0) is 19.6 Å². The number of sulfonamides is 1. The number of carboxylic acids is 1. The highest BCUT2D eigenvalue weighted by Crippen LogP contribution is 2.28. The number of nitrogens with one attached hydrogen (secondary N) is 1. The molecule has 2 aliphatic rings. The lowest BCUT2D eigenvalue weighted by Gasteiger charge is -2.14. The minimum absolute atomic E-state index is 0.0952. The van der Waals surface area contributed by atoms with Gasteiger partial charge in [-0.2, -0.15) is 0 Å². The summed E-state index contributed by atoms with van der Waals surface area (Å²) in [5, 5.41) is 10.4. The number of hydrogen-bond donors (Lipinski definition) is 2. The number of amides is 1. The van der Waals surface area contributed by atoms with Crippen LogP contribution in [0.5, 0.6) is 0 Å². The fourth-order valence-corrected chi connectivity index (χ4v) is 2.76. The molecule has 0 bridgehead atoms. The quantitative estimate of drug-likeness (QED) is 0.636. The topological polar surface area (TPSA) is 104 Å². The predicted molar refractivity (Wildman–Crippen MR) is 59.5 cm³/mol. The van der Waals surface area contributed by atoms with E-state index in [4.69, 9.17) is 9.90 Å². The van der Waals surface area contributed by atoms with Crippen LogP contribution in [0.15, 0.2) is 11.8 Å². The second kappa shape index (κ2) is 4.84. The van der Waals surface area contributed by atoms with Crippen LogP contribution in [0.4, 0.5) is 0 Å². The first-order chi connectivity index (χ1) is 7.73. The van der Waals surface area contributed by atoms with Gasteiger partial charge in [0, 0.05) is 19.9 Å². The van der Waals surface area contributed by atoms with E-state index in [0.717, 1.165) is 17.5 Å². The highest BCUT2D eigenvalue weighted by molar-refractivity contribution is 7.89. The van der Waals surface area contributed by atoms with Crippen molar-refractivity contribution in [1.82, 2.24) is 9.62 Å². The molecule has 2 N–H and O–H groups in total. The SMILES string of the molecule is CC(=O)O.CS(=O)(=O)N1C(=O)CC2NCC=C21. The molecule has 2 aliphatic heterocycles. The lowest BCUT2D eigenvalue weighted by Crippen LogP contribution is -2.30. The Morgan fingerprint density at radius 2 is 2.12 bits per heavy atom. The Morgan fingerprint density at radius 3 is 2.59 bits per heavy atom. The smallest absolute Gasteiger partial charge is 0.300 e. The first-order valence-corrected chi connectivity index (χ1v) is 6.74. The summed E-state index contributed by atoms with van der Waals surface area (Å²) in [6.45, 7) is 1.72. The van der Waals surface area contributed by atoms with E-state index in [-0.39, 0.29) is 18.4 Å². The third kappa shape index (κ3) is 3.27. The van der Waals surface area contributed by atoms with Gasteiger partial charge in [-0.05, 0) is 6.08 Å². The lowest BCUT2D eigenvalue weighted by molar-refractivity contribution is -0.134. The van der Waals surface area contributed by atoms with Crippen molar-refractivity contribution in [2.75, 3.05) is 12.8 Å². The third-order valence-electron chi connectivity index (χ3n) is 2.20. The van der Waals surface area contributed by atoms with Crippen molar-refractivity contribution in [3.63, 3.8) is 0 Å². The molecule has 2 heterocycles. The Morgan fingerprint density at radius 1 is 1.59 bits per heavy atom. The van der Waals surface area contributed by atoms with Gasteiger partial charge in [-0.3, -0.25) is 9.59 Å². The monoisotopic (exact) mass is 262 g/mol. The van der Waals surface area contributed by atoms with Gasteiger partial charge in [0.05, 0.1) is 18.0 Å². The molecule has 0 spiro atoms. The number of carboxylic acid groups (broad SMARTS) is 1. The first-order valence-electron chi connectivity index (χ1n) is 4.89. The maximum Gasteiger partial charge on any atom is 0.300 e. The Bertz CT molecular complexity index is 464. The van der Waals surface area contributed by atoms with E-state index < -0.39 is 16.0 Å². The molecule has 1 atom stereocenters. The Hall–Kier alpha value is -1.41. The normalized spacial score (nSPS) is 22.7. The Labute approximate surface area is 99.2 Å². The maximum atomic E-state index is 11.3. The van der Waals surface area contributed by atoms with Crippen molar-refractivity contribution in [2.24, 2.45) is 0 Å². The van der Waals surface area contributed by atoms with E-state index in [2.05, 4.69) is 5.32 Å². The molecule has 0 aromatic rings. The van der Waals surface area contributed by atoms with E-state index in [1.54, 1.807) is 6.08 Å². The molecule has 0 saturated carbocycles. The summed E-state index contributed by atoms with van der Waals surface area (Å²) in [6, 6.07) is -0.0952. The van der Waals surface area contributed by atoms with Crippen LogP contribution < -0.4 is 5.32 Å². The summed E-state index contributed by atoms with van der Waals surface area (Å²) < 4.78 is 23.3. The molecule has 8 heteroatoms. The minimum Gasteiger partial charge on any atom is -0.481 e. The van der Waals surface area contributed by atoms with Gasteiger partial charge in [-0.1, -0.05) is 0 Å². The van der Waals surface area contributed by atoms with E-state index in [9.17, 15) is 13.2 Å². The average molecular weight is 262 g/mol. The van der Waals surface area contributed by atoms with Gasteiger partial charge in [-0.25, -0.2) is 12.7 Å². The van der Waals surface area contributed by atoms with E-state index in [1.807, 2.05) is 0 Å². The molecule has 1 unspecified atom stereocenters. The largest absolute Gasteiger partial charge is 0.481 e. The summed E-state index contributed by atoms with van der Waals surface area (Å²) in [4.78, 5) is 20.3. The molecule has 7 nitrogen and oxygen atoms in total. The minimum atomic E-state index is -3.43. The number of nitrogens with zero attached hydrogens (tertiary/aromatic N) is 1. The summed E-state index contributed by atoms with van der Waals surface area (Å²) >= 11 is 0. The van der Waals surface area contributed by atoms with Gasteiger partial charge in [-0.15, -0.1) is 0 Å². The van der Waals surface area contributed by atoms with E-state index in [0.29, 0.717) is 12.2 Å². The van der Waals surface area contributed by atoms with Gasteiger partial charge >= 0.3 is 0 Å². The summed E-state index contributed by atoms with van der Waals surface area (Å²) in [5.74, 6) is -1.18. The highest BCUT2D eigenvalue weighted by atomic mass is 32.2. The molecule has 17 heavy (non-hydrogen) atoms.